The van der Waals surface area contributed by atoms with Gasteiger partial charge in [-0.2, -0.15) is 0 Å². The van der Waals surface area contributed by atoms with Gasteiger partial charge in [0.1, 0.15) is 5.52 Å². The molecule has 11 aromatic carbocycles. The van der Waals surface area contributed by atoms with Crippen molar-refractivity contribution in [2.75, 3.05) is 4.90 Å². The first kappa shape index (κ1) is 35.7. The Morgan fingerprint density at radius 3 is 1.68 bits per heavy atom. The molecule has 290 valence electrons. The fourth-order valence-electron chi connectivity index (χ4n) is 9.22. The van der Waals surface area contributed by atoms with Gasteiger partial charge in [-0.15, -0.1) is 0 Å². The van der Waals surface area contributed by atoms with Crippen molar-refractivity contribution in [1.82, 2.24) is 4.98 Å². The molecular weight excluding hydrogens is 753 g/mol. The van der Waals surface area contributed by atoms with Crippen LogP contribution in [0, 0.1) is 0 Å². The summed E-state index contributed by atoms with van der Waals surface area (Å²) >= 11 is 0. The Morgan fingerprint density at radius 2 is 0.887 bits per heavy atom. The second kappa shape index (κ2) is 14.8. The van der Waals surface area contributed by atoms with E-state index in [0.29, 0.717) is 5.89 Å². The van der Waals surface area contributed by atoms with Gasteiger partial charge in [0.2, 0.25) is 5.89 Å². The third kappa shape index (κ3) is 6.18. The highest BCUT2D eigenvalue weighted by molar-refractivity contribution is 6.14. The van der Waals surface area contributed by atoms with Gasteiger partial charge in [-0.25, -0.2) is 4.98 Å². The van der Waals surface area contributed by atoms with Crippen LogP contribution in [0.2, 0.25) is 0 Å². The summed E-state index contributed by atoms with van der Waals surface area (Å²) in [6, 6.07) is 82.6. The SMILES string of the molecule is c1ccc(-c2cccc(N(c3ccc(-c4cc5ccccc5c5ccccc45)cc3)c3ccc4ccc(-c5cc6nc(-c7ccccc7)oc6c6ccccc56)cc4c3)c2)cc1. The number of aromatic nitrogens is 1. The quantitative estimate of drug-likeness (QED) is 0.151. The fraction of sp³-hybridized carbons (Fsp3) is 0. The summed E-state index contributed by atoms with van der Waals surface area (Å²) in [5, 5.41) is 9.54. The van der Waals surface area contributed by atoms with Gasteiger partial charge in [0.25, 0.3) is 0 Å². The maximum atomic E-state index is 6.44. The Bertz CT molecular complexity index is 3630. The van der Waals surface area contributed by atoms with E-state index >= 15 is 0 Å². The van der Waals surface area contributed by atoms with E-state index in [1.54, 1.807) is 0 Å². The molecule has 0 spiro atoms. The molecule has 0 atom stereocenters. The molecule has 0 unspecified atom stereocenters. The summed E-state index contributed by atoms with van der Waals surface area (Å²) in [6.07, 6.45) is 0. The van der Waals surface area contributed by atoms with Crippen molar-refractivity contribution in [3.05, 3.63) is 231 Å². The van der Waals surface area contributed by atoms with Gasteiger partial charge in [0.15, 0.2) is 5.58 Å². The lowest BCUT2D eigenvalue weighted by molar-refractivity contribution is 0.623. The summed E-state index contributed by atoms with van der Waals surface area (Å²) in [4.78, 5) is 7.37. The lowest BCUT2D eigenvalue weighted by Crippen LogP contribution is -2.10. The molecule has 0 radical (unpaired) electrons. The van der Waals surface area contributed by atoms with Crippen molar-refractivity contribution in [3.63, 3.8) is 0 Å². The van der Waals surface area contributed by atoms with Crippen LogP contribution in [0.25, 0.3) is 99.0 Å². The number of hydrogen-bond acceptors (Lipinski definition) is 3. The molecule has 0 aliphatic rings. The van der Waals surface area contributed by atoms with Crippen molar-refractivity contribution < 1.29 is 4.42 Å². The Kier molecular flexibility index (Phi) is 8.50. The Morgan fingerprint density at radius 1 is 0.306 bits per heavy atom. The van der Waals surface area contributed by atoms with Gasteiger partial charge in [-0.05, 0) is 138 Å². The van der Waals surface area contributed by atoms with E-state index < -0.39 is 0 Å². The Labute approximate surface area is 359 Å². The van der Waals surface area contributed by atoms with Crippen LogP contribution in [0.15, 0.2) is 235 Å². The zero-order valence-corrected chi connectivity index (χ0v) is 33.7. The normalized spacial score (nSPS) is 11.5. The van der Waals surface area contributed by atoms with Crippen LogP contribution in [0.4, 0.5) is 17.1 Å². The number of rotatable bonds is 7. The van der Waals surface area contributed by atoms with E-state index in [1.807, 2.05) is 30.3 Å². The molecule has 0 saturated carbocycles. The van der Waals surface area contributed by atoms with Gasteiger partial charge in [0, 0.05) is 28.0 Å². The molecule has 12 rings (SSSR count). The summed E-state index contributed by atoms with van der Waals surface area (Å²) < 4.78 is 6.44. The largest absolute Gasteiger partial charge is 0.435 e. The molecule has 0 N–H and O–H groups in total. The second-order valence-electron chi connectivity index (χ2n) is 15.9. The summed E-state index contributed by atoms with van der Waals surface area (Å²) in [5.74, 6) is 0.626. The molecule has 0 bridgehead atoms. The minimum Gasteiger partial charge on any atom is -0.435 e. The fourth-order valence-corrected chi connectivity index (χ4v) is 9.22. The van der Waals surface area contributed by atoms with E-state index in [9.17, 15) is 0 Å². The van der Waals surface area contributed by atoms with Crippen LogP contribution < -0.4 is 4.90 Å². The number of benzene rings is 11. The van der Waals surface area contributed by atoms with Crippen LogP contribution >= 0.6 is 0 Å². The third-order valence-corrected chi connectivity index (χ3v) is 12.2. The molecule has 0 fully saturated rings. The highest BCUT2D eigenvalue weighted by Crippen LogP contribution is 2.42. The molecule has 1 heterocycles. The molecule has 1 aromatic heterocycles. The number of hydrogen-bond donors (Lipinski definition) is 0. The molecule has 3 nitrogen and oxygen atoms in total. The molecule has 62 heavy (non-hydrogen) atoms. The third-order valence-electron chi connectivity index (χ3n) is 12.2. The van der Waals surface area contributed by atoms with Crippen LogP contribution in [-0.2, 0) is 0 Å². The minimum atomic E-state index is 0.626. The van der Waals surface area contributed by atoms with Gasteiger partial charge in [-0.1, -0.05) is 164 Å². The number of fused-ring (bicyclic) bond motifs is 7. The summed E-state index contributed by atoms with van der Waals surface area (Å²) in [5.41, 5.74) is 12.9. The van der Waals surface area contributed by atoms with Crippen LogP contribution in [-0.4, -0.2) is 4.98 Å². The highest BCUT2D eigenvalue weighted by Gasteiger charge is 2.18. The van der Waals surface area contributed by atoms with Gasteiger partial charge < -0.3 is 9.32 Å². The van der Waals surface area contributed by atoms with Crippen molar-refractivity contribution in [2.45, 2.75) is 0 Å². The first-order chi connectivity index (χ1) is 30.7. The van der Waals surface area contributed by atoms with E-state index in [4.69, 9.17) is 9.40 Å². The van der Waals surface area contributed by atoms with Crippen LogP contribution in [0.3, 0.4) is 0 Å². The van der Waals surface area contributed by atoms with E-state index in [0.717, 1.165) is 61.0 Å². The zero-order valence-electron chi connectivity index (χ0n) is 33.7. The van der Waals surface area contributed by atoms with Crippen molar-refractivity contribution in [1.29, 1.82) is 0 Å². The van der Waals surface area contributed by atoms with Gasteiger partial charge in [0.05, 0.1) is 0 Å². The molecule has 0 saturated heterocycles. The number of anilines is 3. The monoisotopic (exact) mass is 790 g/mol. The maximum Gasteiger partial charge on any atom is 0.227 e. The van der Waals surface area contributed by atoms with Crippen LogP contribution in [0.5, 0.6) is 0 Å². The average molecular weight is 791 g/mol. The Balaban J connectivity index is 0.994. The highest BCUT2D eigenvalue weighted by atomic mass is 16.3. The van der Waals surface area contributed by atoms with Crippen LogP contribution in [0.1, 0.15) is 0 Å². The van der Waals surface area contributed by atoms with Gasteiger partial charge in [-0.3, -0.25) is 0 Å². The first-order valence-corrected chi connectivity index (χ1v) is 21.1. The summed E-state index contributed by atoms with van der Waals surface area (Å²) in [7, 11) is 0. The molecular formula is C59H38N2O. The van der Waals surface area contributed by atoms with E-state index in [1.165, 1.54) is 49.2 Å². The predicted molar refractivity (Wildman–Crippen MR) is 260 cm³/mol. The van der Waals surface area contributed by atoms with Crippen molar-refractivity contribution in [3.8, 4) is 44.8 Å². The minimum absolute atomic E-state index is 0.626. The first-order valence-electron chi connectivity index (χ1n) is 21.1. The second-order valence-corrected chi connectivity index (χ2v) is 15.9. The molecule has 0 amide bonds. The van der Waals surface area contributed by atoms with Gasteiger partial charge >= 0.3 is 0 Å². The standard InChI is InChI=1S/C59H38N2O/c1-3-14-39(15-4-1)43-19-13-20-48(35-43)61(47-31-29-41(30-32-47)55-37-44-18-7-8-21-50(44)51-22-9-10-23-52(51)55)49-33-28-40-26-27-45(34-46(40)36-49)56-38-57-58(54-25-12-11-24-53(54)56)62-59(60-57)42-16-5-2-6-17-42/h1-38H. The zero-order chi connectivity index (χ0) is 41.0. The summed E-state index contributed by atoms with van der Waals surface area (Å²) in [6.45, 7) is 0. The lowest BCUT2D eigenvalue weighted by atomic mass is 9.93. The number of nitrogens with zero attached hydrogens (tertiary/aromatic N) is 2. The lowest BCUT2D eigenvalue weighted by Gasteiger charge is -2.27. The van der Waals surface area contributed by atoms with Crippen molar-refractivity contribution in [2.24, 2.45) is 0 Å². The molecule has 0 aliphatic heterocycles. The molecule has 12 aromatic rings. The Hall–Kier alpha value is -8.27. The average Bonchev–Trinajstić information content (AvgIpc) is 3.79. The molecule has 0 aliphatic carbocycles. The maximum absolute atomic E-state index is 6.44. The topological polar surface area (TPSA) is 29.3 Å². The predicted octanol–water partition coefficient (Wildman–Crippen LogP) is 16.6. The van der Waals surface area contributed by atoms with E-state index in [-0.39, 0.29) is 0 Å². The molecule has 3 heteroatoms. The van der Waals surface area contributed by atoms with E-state index in [2.05, 4.69) is 205 Å². The number of oxazole rings is 1. The van der Waals surface area contributed by atoms with Crippen molar-refractivity contribution >= 4 is 71.3 Å². The smallest absolute Gasteiger partial charge is 0.227 e.